The molecular weight excluding hydrogens is 276 g/mol. The quantitative estimate of drug-likeness (QED) is 0.287. The molecule has 0 saturated carbocycles. The smallest absolute Gasteiger partial charge is 0.346 e. The molecule has 0 spiro atoms. The van der Waals surface area contributed by atoms with Crippen LogP contribution < -0.4 is 0 Å². The van der Waals surface area contributed by atoms with Gasteiger partial charge < -0.3 is 15.2 Å². The zero-order valence-corrected chi connectivity index (χ0v) is 10.9. The van der Waals surface area contributed by atoms with E-state index in [4.69, 9.17) is 5.53 Å². The van der Waals surface area contributed by atoms with Crippen LogP contribution >= 0.6 is 0 Å². The number of nitro groups is 1. The lowest BCUT2D eigenvalue weighted by Gasteiger charge is -2.06. The second-order valence-corrected chi connectivity index (χ2v) is 4.23. The van der Waals surface area contributed by atoms with E-state index in [9.17, 15) is 15.2 Å². The minimum atomic E-state index is -1.08. The molecule has 0 bridgehead atoms. The van der Waals surface area contributed by atoms with E-state index in [1.165, 1.54) is 10.9 Å². The predicted octanol–water partition coefficient (Wildman–Crippen LogP) is 2.18. The van der Waals surface area contributed by atoms with Crippen LogP contribution in [0.25, 0.3) is 10.4 Å². The molecule has 1 aromatic carbocycles. The van der Waals surface area contributed by atoms with E-state index in [0.29, 0.717) is 0 Å². The van der Waals surface area contributed by atoms with Gasteiger partial charge in [0.15, 0.2) is 6.33 Å². The Labute approximate surface area is 119 Å². The molecule has 2 rings (SSSR count). The highest BCUT2D eigenvalue weighted by molar-refractivity contribution is 5.32. The van der Waals surface area contributed by atoms with E-state index in [-0.39, 0.29) is 18.1 Å². The van der Waals surface area contributed by atoms with Crippen molar-refractivity contribution in [3.05, 3.63) is 68.5 Å². The Kier molecular flexibility index (Phi) is 4.50. The Bertz CT molecular complexity index is 678. The van der Waals surface area contributed by atoms with Crippen molar-refractivity contribution in [2.75, 3.05) is 6.61 Å². The fourth-order valence-corrected chi connectivity index (χ4v) is 1.96. The number of imidazole rings is 1. The predicted molar refractivity (Wildman–Crippen MR) is 73.4 cm³/mol. The lowest BCUT2D eigenvalue weighted by molar-refractivity contribution is -0.393. The molecule has 21 heavy (non-hydrogen) atoms. The summed E-state index contributed by atoms with van der Waals surface area (Å²) in [5.74, 6) is -0.287. The number of benzene rings is 1. The van der Waals surface area contributed by atoms with Gasteiger partial charge in [-0.15, -0.1) is 0 Å². The van der Waals surface area contributed by atoms with Crippen molar-refractivity contribution >= 4 is 5.82 Å². The monoisotopic (exact) mass is 288 g/mol. The summed E-state index contributed by atoms with van der Waals surface area (Å²) in [6.45, 7) is -0.286. The molecule has 0 aliphatic carbocycles. The van der Waals surface area contributed by atoms with Crippen molar-refractivity contribution < 1.29 is 10.0 Å². The fourth-order valence-electron chi connectivity index (χ4n) is 1.96. The summed E-state index contributed by atoms with van der Waals surface area (Å²) < 4.78 is 1.35. The lowest BCUT2D eigenvalue weighted by atomic mass is 10.2. The number of rotatable bonds is 6. The zero-order chi connectivity index (χ0) is 15.2. The molecule has 1 heterocycles. The number of hydrogen-bond acceptors (Lipinski definition) is 5. The van der Waals surface area contributed by atoms with E-state index in [0.717, 1.165) is 5.56 Å². The molecule has 0 amide bonds. The van der Waals surface area contributed by atoms with Gasteiger partial charge in [-0.25, -0.2) is 9.55 Å². The van der Waals surface area contributed by atoms with Crippen LogP contribution in [0.15, 0.2) is 41.8 Å². The van der Waals surface area contributed by atoms with Crippen LogP contribution in [0.3, 0.4) is 0 Å². The van der Waals surface area contributed by atoms with Gasteiger partial charge in [-0.1, -0.05) is 35.4 Å². The minimum absolute atomic E-state index is 0.0452. The standard InChI is InChI=1S/C12H12N6O3/c13-16-15-10(7-19)11-12(18(20)21)17(8-14-11)6-9-4-2-1-3-5-9/h1-5,8,10,19H,6-7H2. The summed E-state index contributed by atoms with van der Waals surface area (Å²) in [7, 11) is 0. The summed E-state index contributed by atoms with van der Waals surface area (Å²) in [6.07, 6.45) is 1.30. The molecule has 2 aromatic rings. The highest BCUT2D eigenvalue weighted by Crippen LogP contribution is 2.27. The molecule has 1 atom stereocenters. The molecule has 0 fully saturated rings. The van der Waals surface area contributed by atoms with Gasteiger partial charge in [0.2, 0.25) is 0 Å². The minimum Gasteiger partial charge on any atom is -0.396 e. The molecule has 1 N–H and O–H groups in total. The van der Waals surface area contributed by atoms with E-state index in [1.807, 2.05) is 30.3 Å². The summed E-state index contributed by atoms with van der Waals surface area (Å²) in [5, 5.41) is 23.8. The van der Waals surface area contributed by atoms with Gasteiger partial charge in [-0.3, -0.25) is 0 Å². The van der Waals surface area contributed by atoms with Gasteiger partial charge in [0.05, 0.1) is 6.61 Å². The Morgan fingerprint density at radius 2 is 2.19 bits per heavy atom. The summed E-state index contributed by atoms with van der Waals surface area (Å²) in [5.41, 5.74) is 9.27. The zero-order valence-electron chi connectivity index (χ0n) is 10.9. The molecule has 0 aliphatic heterocycles. The summed E-state index contributed by atoms with van der Waals surface area (Å²) in [6, 6.07) is 8.10. The van der Waals surface area contributed by atoms with Crippen LogP contribution in [0.4, 0.5) is 5.82 Å². The molecular formula is C12H12N6O3. The van der Waals surface area contributed by atoms with Gasteiger partial charge in [0.1, 0.15) is 18.3 Å². The highest BCUT2D eigenvalue weighted by Gasteiger charge is 2.27. The average Bonchev–Trinajstić information content (AvgIpc) is 2.89. The van der Waals surface area contributed by atoms with Gasteiger partial charge in [0.25, 0.3) is 0 Å². The van der Waals surface area contributed by atoms with Gasteiger partial charge in [-0.05, 0) is 16.0 Å². The molecule has 108 valence electrons. The normalized spacial score (nSPS) is 11.7. The SMILES string of the molecule is [N-]=[N+]=NC(CO)c1ncn(Cc2ccccc2)c1[N+](=O)[O-]. The second kappa shape index (κ2) is 6.51. The first-order chi connectivity index (χ1) is 10.2. The van der Waals surface area contributed by atoms with Crippen molar-refractivity contribution in [1.82, 2.24) is 9.55 Å². The molecule has 9 nitrogen and oxygen atoms in total. The van der Waals surface area contributed by atoms with E-state index in [2.05, 4.69) is 15.0 Å². The molecule has 0 aliphatic rings. The number of aliphatic hydroxyl groups excluding tert-OH is 1. The van der Waals surface area contributed by atoms with Crippen LogP contribution in [0.2, 0.25) is 0 Å². The fraction of sp³-hybridized carbons (Fsp3) is 0.250. The summed E-state index contributed by atoms with van der Waals surface area (Å²) >= 11 is 0. The largest absolute Gasteiger partial charge is 0.396 e. The first-order valence-electron chi connectivity index (χ1n) is 6.05. The number of aliphatic hydroxyl groups is 1. The van der Waals surface area contributed by atoms with Crippen molar-refractivity contribution in [2.24, 2.45) is 5.11 Å². The molecule has 1 unspecified atom stereocenters. The van der Waals surface area contributed by atoms with E-state index >= 15 is 0 Å². The Morgan fingerprint density at radius 3 is 2.76 bits per heavy atom. The average molecular weight is 288 g/mol. The molecule has 0 radical (unpaired) electrons. The van der Waals surface area contributed by atoms with Gasteiger partial charge in [-0.2, -0.15) is 0 Å². The molecule has 0 saturated heterocycles. The first-order valence-corrected chi connectivity index (χ1v) is 6.05. The van der Waals surface area contributed by atoms with Gasteiger partial charge in [0, 0.05) is 4.91 Å². The van der Waals surface area contributed by atoms with Crippen LogP contribution in [0, 0.1) is 10.1 Å². The molecule has 1 aromatic heterocycles. The maximum absolute atomic E-state index is 11.2. The third-order valence-corrected chi connectivity index (χ3v) is 2.89. The van der Waals surface area contributed by atoms with Crippen LogP contribution in [0.5, 0.6) is 0 Å². The first kappa shape index (κ1) is 14.5. The van der Waals surface area contributed by atoms with Crippen LogP contribution in [-0.4, -0.2) is 26.2 Å². The lowest BCUT2D eigenvalue weighted by Crippen LogP contribution is -2.08. The van der Waals surface area contributed by atoms with Crippen LogP contribution in [-0.2, 0) is 6.54 Å². The van der Waals surface area contributed by atoms with Crippen LogP contribution in [0.1, 0.15) is 17.3 Å². The molecule has 9 heteroatoms. The topological polar surface area (TPSA) is 130 Å². The van der Waals surface area contributed by atoms with E-state index < -0.39 is 17.6 Å². The summed E-state index contributed by atoms with van der Waals surface area (Å²) in [4.78, 5) is 17.1. The highest BCUT2D eigenvalue weighted by atomic mass is 16.6. The number of azide groups is 1. The van der Waals surface area contributed by atoms with Crippen molar-refractivity contribution in [2.45, 2.75) is 12.6 Å². The Morgan fingerprint density at radius 1 is 1.48 bits per heavy atom. The van der Waals surface area contributed by atoms with Crippen molar-refractivity contribution in [3.8, 4) is 0 Å². The maximum Gasteiger partial charge on any atom is 0.346 e. The number of aromatic nitrogens is 2. The number of nitrogens with zero attached hydrogens (tertiary/aromatic N) is 6. The Hall–Kier alpha value is -2.90. The second-order valence-electron chi connectivity index (χ2n) is 4.23. The third-order valence-electron chi connectivity index (χ3n) is 2.89. The maximum atomic E-state index is 11.2. The van der Waals surface area contributed by atoms with Gasteiger partial charge >= 0.3 is 5.82 Å². The van der Waals surface area contributed by atoms with E-state index in [1.54, 1.807) is 0 Å². The van der Waals surface area contributed by atoms with Crippen molar-refractivity contribution in [3.63, 3.8) is 0 Å². The number of hydrogen-bond donors (Lipinski definition) is 1. The Balaban J connectivity index is 2.41. The third kappa shape index (κ3) is 3.16. The van der Waals surface area contributed by atoms with Crippen molar-refractivity contribution in [1.29, 1.82) is 0 Å².